The topological polar surface area (TPSA) is 28.2 Å². The van der Waals surface area contributed by atoms with Gasteiger partial charge in [-0.15, -0.1) is 31.4 Å². The van der Waals surface area contributed by atoms with Crippen LogP contribution in [-0.2, 0) is 0 Å². The van der Waals surface area contributed by atoms with E-state index >= 15 is 0 Å². The minimum Gasteiger partial charge on any atom is -0.314 e. The molecule has 3 nitrogen and oxygen atoms in total. The molecule has 1 aliphatic rings. The van der Waals surface area contributed by atoms with E-state index in [1.54, 1.807) is 0 Å². The molecule has 0 radical (unpaired) electrons. The van der Waals surface area contributed by atoms with Crippen molar-refractivity contribution in [1.29, 1.82) is 0 Å². The Morgan fingerprint density at radius 1 is 1.37 bits per heavy atom. The Hall–Kier alpha value is -0.610. The van der Waals surface area contributed by atoms with Crippen molar-refractivity contribution in [1.82, 2.24) is 15.2 Å². The van der Waals surface area contributed by atoms with Gasteiger partial charge in [-0.05, 0) is 24.5 Å². The summed E-state index contributed by atoms with van der Waals surface area (Å²) in [4.78, 5) is 6.79. The molecule has 0 aliphatic carbocycles. The van der Waals surface area contributed by atoms with Crippen molar-refractivity contribution >= 4 is 24.8 Å². The second-order valence-corrected chi connectivity index (χ2v) is 4.45. The van der Waals surface area contributed by atoms with Crippen LogP contribution in [0.4, 0.5) is 0 Å². The number of piperazine rings is 1. The molecule has 1 aromatic heterocycles. The number of nitrogens with one attached hydrogen (secondary N) is 1. The molecule has 1 fully saturated rings. The van der Waals surface area contributed by atoms with E-state index in [9.17, 15) is 0 Å². The average Bonchev–Trinajstić information content (AvgIpc) is 2.42. The van der Waals surface area contributed by atoms with Crippen molar-refractivity contribution in [2.75, 3.05) is 26.2 Å². The summed E-state index contributed by atoms with van der Waals surface area (Å²) in [7, 11) is 0. The lowest BCUT2D eigenvalue weighted by Gasteiger charge is -2.35. The molecule has 1 saturated heterocycles. The van der Waals surface area contributed by atoms with Gasteiger partial charge >= 0.3 is 0 Å². The number of allylic oxidation sites excluding steroid dienone is 1. The SMILES string of the molecule is C=CCC[C@H](c1cccnc1)N1CCNCC1.Cl.Cl. The maximum atomic E-state index is 4.24. The van der Waals surface area contributed by atoms with Gasteiger partial charge in [0, 0.05) is 44.6 Å². The maximum absolute atomic E-state index is 4.24. The molecule has 19 heavy (non-hydrogen) atoms. The molecule has 1 aromatic rings. The third-order valence-electron chi connectivity index (χ3n) is 3.31. The summed E-state index contributed by atoms with van der Waals surface area (Å²) in [6, 6.07) is 4.70. The van der Waals surface area contributed by atoms with Gasteiger partial charge in [-0.1, -0.05) is 12.1 Å². The second-order valence-electron chi connectivity index (χ2n) is 4.45. The molecule has 5 heteroatoms. The number of hydrogen-bond acceptors (Lipinski definition) is 3. The van der Waals surface area contributed by atoms with Gasteiger partial charge in [-0.25, -0.2) is 0 Å². The van der Waals surface area contributed by atoms with Gasteiger partial charge in [0.15, 0.2) is 0 Å². The zero-order chi connectivity index (χ0) is 11.9. The largest absolute Gasteiger partial charge is 0.314 e. The fourth-order valence-corrected chi connectivity index (χ4v) is 2.40. The minimum absolute atomic E-state index is 0. The first-order valence-electron chi connectivity index (χ1n) is 6.37. The smallest absolute Gasteiger partial charge is 0.0367 e. The fourth-order valence-electron chi connectivity index (χ4n) is 2.40. The third kappa shape index (κ3) is 5.49. The van der Waals surface area contributed by atoms with E-state index in [0.717, 1.165) is 39.0 Å². The van der Waals surface area contributed by atoms with Gasteiger partial charge in [0.1, 0.15) is 0 Å². The highest BCUT2D eigenvalue weighted by atomic mass is 35.5. The predicted molar refractivity (Wildman–Crippen MR) is 85.3 cm³/mol. The van der Waals surface area contributed by atoms with Crippen LogP contribution in [0.15, 0.2) is 37.2 Å². The highest BCUT2D eigenvalue weighted by Crippen LogP contribution is 2.25. The van der Waals surface area contributed by atoms with Gasteiger partial charge in [0.05, 0.1) is 0 Å². The molecule has 0 spiro atoms. The molecular weight excluding hydrogens is 281 g/mol. The number of nitrogens with zero attached hydrogens (tertiary/aromatic N) is 2. The quantitative estimate of drug-likeness (QED) is 0.848. The Morgan fingerprint density at radius 3 is 2.68 bits per heavy atom. The first-order valence-corrected chi connectivity index (χ1v) is 6.37. The van der Waals surface area contributed by atoms with Crippen LogP contribution in [0, 0.1) is 0 Å². The average molecular weight is 304 g/mol. The van der Waals surface area contributed by atoms with E-state index in [0.29, 0.717) is 6.04 Å². The summed E-state index contributed by atoms with van der Waals surface area (Å²) < 4.78 is 0. The van der Waals surface area contributed by atoms with Crippen molar-refractivity contribution in [3.63, 3.8) is 0 Å². The van der Waals surface area contributed by atoms with E-state index in [-0.39, 0.29) is 24.8 Å². The minimum atomic E-state index is 0. The number of rotatable bonds is 5. The van der Waals surface area contributed by atoms with Crippen LogP contribution in [0.25, 0.3) is 0 Å². The molecule has 1 atom stereocenters. The molecular formula is C14H23Cl2N3. The second kappa shape index (κ2) is 10.2. The third-order valence-corrected chi connectivity index (χ3v) is 3.31. The zero-order valence-electron chi connectivity index (χ0n) is 11.1. The van der Waals surface area contributed by atoms with E-state index in [1.807, 2.05) is 24.5 Å². The van der Waals surface area contributed by atoms with Crippen LogP contribution in [-0.4, -0.2) is 36.1 Å². The first kappa shape index (κ1) is 18.4. The standard InChI is InChI=1S/C14H21N3.2ClH/c1-2-3-6-14(13-5-4-7-16-12-13)17-10-8-15-9-11-17;;/h2,4-5,7,12,14-15H,1,3,6,8-11H2;2*1H/t14-;;/m1../s1. The summed E-state index contributed by atoms with van der Waals surface area (Å²) in [6.45, 7) is 8.24. The number of aromatic nitrogens is 1. The summed E-state index contributed by atoms with van der Waals surface area (Å²) in [6.07, 6.45) is 8.03. The predicted octanol–water partition coefficient (Wildman–Crippen LogP) is 2.84. The Kier molecular flexibility index (Phi) is 9.88. The molecule has 0 unspecified atom stereocenters. The lowest BCUT2D eigenvalue weighted by Crippen LogP contribution is -2.45. The molecule has 108 valence electrons. The van der Waals surface area contributed by atoms with Crippen LogP contribution in [0.5, 0.6) is 0 Å². The Bertz CT molecular complexity index is 340. The van der Waals surface area contributed by atoms with Gasteiger partial charge in [0.25, 0.3) is 0 Å². The molecule has 0 bridgehead atoms. The normalized spacial score (nSPS) is 16.8. The molecule has 1 aliphatic heterocycles. The van der Waals surface area contributed by atoms with E-state index in [2.05, 4.69) is 27.8 Å². The number of pyridine rings is 1. The van der Waals surface area contributed by atoms with Crippen LogP contribution in [0.2, 0.25) is 0 Å². The van der Waals surface area contributed by atoms with E-state index in [1.165, 1.54) is 5.56 Å². The van der Waals surface area contributed by atoms with Crippen molar-refractivity contribution in [2.45, 2.75) is 18.9 Å². The summed E-state index contributed by atoms with van der Waals surface area (Å²) >= 11 is 0. The van der Waals surface area contributed by atoms with Crippen LogP contribution >= 0.6 is 24.8 Å². The van der Waals surface area contributed by atoms with E-state index < -0.39 is 0 Å². The van der Waals surface area contributed by atoms with Crippen LogP contribution in [0.1, 0.15) is 24.4 Å². The summed E-state index contributed by atoms with van der Waals surface area (Å²) in [5, 5.41) is 3.40. The molecule has 0 saturated carbocycles. The lowest BCUT2D eigenvalue weighted by atomic mass is 10.0. The van der Waals surface area contributed by atoms with Gasteiger partial charge < -0.3 is 5.32 Å². The molecule has 0 amide bonds. The van der Waals surface area contributed by atoms with Crippen molar-refractivity contribution in [3.8, 4) is 0 Å². The van der Waals surface area contributed by atoms with Gasteiger partial charge in [-0.3, -0.25) is 9.88 Å². The zero-order valence-corrected chi connectivity index (χ0v) is 12.8. The Balaban J connectivity index is 0.00000162. The Morgan fingerprint density at radius 2 is 2.11 bits per heavy atom. The molecule has 2 rings (SSSR count). The maximum Gasteiger partial charge on any atom is 0.0367 e. The van der Waals surface area contributed by atoms with Crippen LogP contribution < -0.4 is 5.32 Å². The Labute approximate surface area is 128 Å². The number of halogens is 2. The first-order chi connectivity index (χ1) is 8.42. The van der Waals surface area contributed by atoms with Crippen molar-refractivity contribution < 1.29 is 0 Å². The highest BCUT2D eigenvalue weighted by Gasteiger charge is 2.21. The van der Waals surface area contributed by atoms with Gasteiger partial charge in [0.2, 0.25) is 0 Å². The van der Waals surface area contributed by atoms with Crippen molar-refractivity contribution in [2.24, 2.45) is 0 Å². The monoisotopic (exact) mass is 303 g/mol. The highest BCUT2D eigenvalue weighted by molar-refractivity contribution is 5.85. The van der Waals surface area contributed by atoms with E-state index in [4.69, 9.17) is 0 Å². The molecule has 2 heterocycles. The molecule has 0 aromatic carbocycles. The lowest BCUT2D eigenvalue weighted by molar-refractivity contribution is 0.166. The molecule has 1 N–H and O–H groups in total. The fraction of sp³-hybridized carbons (Fsp3) is 0.500. The van der Waals surface area contributed by atoms with Gasteiger partial charge in [-0.2, -0.15) is 0 Å². The summed E-state index contributed by atoms with van der Waals surface area (Å²) in [5.74, 6) is 0. The van der Waals surface area contributed by atoms with Crippen LogP contribution in [0.3, 0.4) is 0 Å². The number of hydrogen-bond donors (Lipinski definition) is 1. The van der Waals surface area contributed by atoms with Crippen molar-refractivity contribution in [3.05, 3.63) is 42.7 Å². The summed E-state index contributed by atoms with van der Waals surface area (Å²) in [5.41, 5.74) is 1.33.